The van der Waals surface area contributed by atoms with E-state index in [1.54, 1.807) is 27.2 Å². The molecule has 1 heterocycles. The number of carbonyl (C=O) groups is 2. The highest BCUT2D eigenvalue weighted by Crippen LogP contribution is 2.37. The standard InChI is InChI=1S/C30H35NO6S/c1-5-7-8-9-18-37-25-16-10-21(19-26(25)35-4)11-17-27(32)31-29-28(30(33)36-6-2)24(20-38-29)22-12-14-23(34-3)15-13-22/h10-17,19-20H,5-9,18H2,1-4H3,(H,31,32)/b17-11+. The third kappa shape index (κ3) is 7.86. The smallest absolute Gasteiger partial charge is 0.341 e. The fourth-order valence-corrected chi connectivity index (χ4v) is 4.74. The van der Waals surface area contributed by atoms with Gasteiger partial charge in [-0.05, 0) is 54.8 Å². The van der Waals surface area contributed by atoms with Gasteiger partial charge in [0.05, 0.1) is 27.4 Å². The Morgan fingerprint density at radius 2 is 1.74 bits per heavy atom. The van der Waals surface area contributed by atoms with Gasteiger partial charge in [-0.25, -0.2) is 4.79 Å². The molecule has 1 N–H and O–H groups in total. The highest BCUT2D eigenvalue weighted by molar-refractivity contribution is 7.15. The van der Waals surface area contributed by atoms with Crippen molar-refractivity contribution in [3.05, 3.63) is 65.0 Å². The van der Waals surface area contributed by atoms with Crippen LogP contribution in [0.15, 0.2) is 53.9 Å². The summed E-state index contributed by atoms with van der Waals surface area (Å²) in [5.41, 5.74) is 2.61. The van der Waals surface area contributed by atoms with E-state index in [0.29, 0.717) is 40.0 Å². The number of anilines is 1. The summed E-state index contributed by atoms with van der Waals surface area (Å²) in [5.74, 6) is 1.13. The zero-order chi connectivity index (χ0) is 27.3. The Labute approximate surface area is 228 Å². The molecule has 2 aromatic carbocycles. The summed E-state index contributed by atoms with van der Waals surface area (Å²) < 4.78 is 21.8. The van der Waals surface area contributed by atoms with Crippen molar-refractivity contribution in [1.82, 2.24) is 0 Å². The molecule has 0 bridgehead atoms. The van der Waals surface area contributed by atoms with Gasteiger partial charge in [-0.3, -0.25) is 4.79 Å². The molecular formula is C30H35NO6S. The van der Waals surface area contributed by atoms with Crippen molar-refractivity contribution in [2.45, 2.75) is 39.5 Å². The van der Waals surface area contributed by atoms with Crippen LogP contribution in [0.2, 0.25) is 0 Å². The van der Waals surface area contributed by atoms with Crippen LogP contribution in [0.25, 0.3) is 17.2 Å². The maximum absolute atomic E-state index is 12.8. The van der Waals surface area contributed by atoms with Gasteiger partial charge in [-0.15, -0.1) is 11.3 Å². The largest absolute Gasteiger partial charge is 0.497 e. The lowest BCUT2D eigenvalue weighted by atomic mass is 10.0. The van der Waals surface area contributed by atoms with Crippen molar-refractivity contribution in [3.63, 3.8) is 0 Å². The van der Waals surface area contributed by atoms with E-state index in [4.69, 9.17) is 18.9 Å². The predicted octanol–water partition coefficient (Wildman–Crippen LogP) is 7.22. The average Bonchev–Trinajstić information content (AvgIpc) is 3.35. The maximum Gasteiger partial charge on any atom is 0.341 e. The first kappa shape index (κ1) is 28.8. The zero-order valence-corrected chi connectivity index (χ0v) is 23.2. The lowest BCUT2D eigenvalue weighted by Crippen LogP contribution is -2.12. The van der Waals surface area contributed by atoms with Crippen LogP contribution in [0, 0.1) is 0 Å². The topological polar surface area (TPSA) is 83.1 Å². The van der Waals surface area contributed by atoms with Gasteiger partial charge >= 0.3 is 5.97 Å². The second kappa shape index (κ2) is 14.8. The zero-order valence-electron chi connectivity index (χ0n) is 22.4. The van der Waals surface area contributed by atoms with E-state index in [1.165, 1.54) is 30.3 Å². The van der Waals surface area contributed by atoms with Crippen LogP contribution >= 0.6 is 11.3 Å². The molecule has 1 aromatic heterocycles. The van der Waals surface area contributed by atoms with Crippen LogP contribution in [-0.4, -0.2) is 39.3 Å². The van der Waals surface area contributed by atoms with Crippen LogP contribution in [0.5, 0.6) is 17.2 Å². The van der Waals surface area contributed by atoms with E-state index in [-0.39, 0.29) is 12.5 Å². The number of amides is 1. The van der Waals surface area contributed by atoms with Gasteiger partial charge in [0.25, 0.3) is 0 Å². The Morgan fingerprint density at radius 3 is 2.42 bits per heavy atom. The lowest BCUT2D eigenvalue weighted by Gasteiger charge is -2.11. The van der Waals surface area contributed by atoms with Gasteiger partial charge in [0.1, 0.15) is 16.3 Å². The molecule has 3 rings (SSSR count). The number of esters is 1. The minimum absolute atomic E-state index is 0.226. The normalized spacial score (nSPS) is 10.8. The molecule has 7 nitrogen and oxygen atoms in total. The van der Waals surface area contributed by atoms with Crippen LogP contribution < -0.4 is 19.5 Å². The first-order valence-corrected chi connectivity index (χ1v) is 13.6. The molecule has 0 unspecified atom stereocenters. The fraction of sp³-hybridized carbons (Fsp3) is 0.333. The summed E-state index contributed by atoms with van der Waals surface area (Å²) >= 11 is 1.27. The first-order chi connectivity index (χ1) is 18.5. The molecule has 3 aromatic rings. The number of hydrogen-bond acceptors (Lipinski definition) is 7. The van der Waals surface area contributed by atoms with Crippen molar-refractivity contribution >= 4 is 34.3 Å². The van der Waals surface area contributed by atoms with Gasteiger partial charge in [0, 0.05) is 17.0 Å². The molecule has 0 spiro atoms. The quantitative estimate of drug-likeness (QED) is 0.133. The fourth-order valence-electron chi connectivity index (χ4n) is 3.78. The van der Waals surface area contributed by atoms with E-state index >= 15 is 0 Å². The molecule has 0 aliphatic carbocycles. The van der Waals surface area contributed by atoms with Crippen LogP contribution in [0.1, 0.15) is 55.5 Å². The number of carbonyl (C=O) groups excluding carboxylic acids is 2. The molecule has 0 radical (unpaired) electrons. The molecule has 0 aliphatic rings. The lowest BCUT2D eigenvalue weighted by molar-refractivity contribution is -0.111. The van der Waals surface area contributed by atoms with Gasteiger partial charge in [0.15, 0.2) is 11.5 Å². The summed E-state index contributed by atoms with van der Waals surface area (Å²) in [6.07, 6.45) is 7.61. The number of ether oxygens (including phenoxy) is 4. The van der Waals surface area contributed by atoms with Crippen LogP contribution in [0.4, 0.5) is 5.00 Å². The Hall–Kier alpha value is -3.78. The summed E-state index contributed by atoms with van der Waals surface area (Å²) in [6, 6.07) is 12.9. The monoisotopic (exact) mass is 537 g/mol. The van der Waals surface area contributed by atoms with E-state index in [1.807, 2.05) is 47.8 Å². The molecule has 8 heteroatoms. The van der Waals surface area contributed by atoms with Crippen molar-refractivity contribution in [1.29, 1.82) is 0 Å². The molecule has 38 heavy (non-hydrogen) atoms. The molecular weight excluding hydrogens is 502 g/mol. The number of thiophene rings is 1. The molecule has 0 saturated carbocycles. The number of hydrogen-bond donors (Lipinski definition) is 1. The Balaban J connectivity index is 1.73. The average molecular weight is 538 g/mol. The second-order valence-corrected chi connectivity index (χ2v) is 9.32. The third-order valence-corrected chi connectivity index (χ3v) is 6.67. The van der Waals surface area contributed by atoms with Gasteiger partial charge in [-0.1, -0.05) is 44.4 Å². The van der Waals surface area contributed by atoms with Crippen molar-refractivity contribution in [3.8, 4) is 28.4 Å². The number of unbranched alkanes of at least 4 members (excludes halogenated alkanes) is 3. The van der Waals surface area contributed by atoms with Crippen molar-refractivity contribution in [2.24, 2.45) is 0 Å². The molecule has 0 atom stereocenters. The SMILES string of the molecule is CCCCCCOc1ccc(/C=C/C(=O)Nc2scc(-c3ccc(OC)cc3)c2C(=O)OCC)cc1OC. The van der Waals surface area contributed by atoms with Gasteiger partial charge < -0.3 is 24.3 Å². The third-order valence-electron chi connectivity index (χ3n) is 5.78. The molecule has 0 saturated heterocycles. The minimum Gasteiger partial charge on any atom is -0.497 e. The summed E-state index contributed by atoms with van der Waals surface area (Å²) in [6.45, 7) is 4.78. The first-order valence-electron chi connectivity index (χ1n) is 12.7. The van der Waals surface area contributed by atoms with E-state index < -0.39 is 5.97 Å². The number of methoxy groups -OCH3 is 2. The van der Waals surface area contributed by atoms with Gasteiger partial charge in [0.2, 0.25) is 5.91 Å². The highest BCUT2D eigenvalue weighted by Gasteiger charge is 2.22. The Bertz CT molecular complexity index is 1230. The maximum atomic E-state index is 12.8. The van der Waals surface area contributed by atoms with Crippen molar-refractivity contribution < 1.29 is 28.5 Å². The van der Waals surface area contributed by atoms with Crippen LogP contribution in [-0.2, 0) is 9.53 Å². The minimum atomic E-state index is -0.492. The number of benzene rings is 2. The molecule has 202 valence electrons. The molecule has 1 amide bonds. The number of rotatable bonds is 14. The Kier molecular flexibility index (Phi) is 11.2. The molecule has 0 aliphatic heterocycles. The number of nitrogens with one attached hydrogen (secondary N) is 1. The van der Waals surface area contributed by atoms with Crippen molar-refractivity contribution in [2.75, 3.05) is 32.8 Å². The van der Waals surface area contributed by atoms with E-state index in [2.05, 4.69) is 12.2 Å². The van der Waals surface area contributed by atoms with E-state index in [0.717, 1.165) is 24.0 Å². The second-order valence-electron chi connectivity index (χ2n) is 8.44. The highest BCUT2D eigenvalue weighted by atomic mass is 32.1. The molecule has 0 fully saturated rings. The Morgan fingerprint density at radius 1 is 0.947 bits per heavy atom. The van der Waals surface area contributed by atoms with Crippen LogP contribution in [0.3, 0.4) is 0 Å². The van der Waals surface area contributed by atoms with E-state index in [9.17, 15) is 9.59 Å². The summed E-state index contributed by atoms with van der Waals surface area (Å²) in [5, 5.41) is 5.09. The summed E-state index contributed by atoms with van der Waals surface area (Å²) in [7, 11) is 3.19. The predicted molar refractivity (Wildman–Crippen MR) is 153 cm³/mol. The van der Waals surface area contributed by atoms with Gasteiger partial charge in [-0.2, -0.15) is 0 Å². The summed E-state index contributed by atoms with van der Waals surface area (Å²) in [4.78, 5) is 25.6.